The highest BCUT2D eigenvalue weighted by Crippen LogP contribution is 2.75. The number of esters is 1. The normalized spacial score (nSPS) is 54.7. The maximum Gasteiger partial charge on any atom is 0.314 e. The van der Waals surface area contributed by atoms with E-state index in [1.165, 1.54) is 0 Å². The van der Waals surface area contributed by atoms with Gasteiger partial charge < -0.3 is 99.9 Å². The lowest BCUT2D eigenvalue weighted by molar-refractivity contribution is -0.344. The van der Waals surface area contributed by atoms with Crippen molar-refractivity contribution in [1.29, 1.82) is 0 Å². The third-order valence-electron chi connectivity index (χ3n) is 18.8. The molecule has 8 rings (SSSR count). The van der Waals surface area contributed by atoms with Crippen LogP contribution in [0.25, 0.3) is 0 Å². The zero-order valence-corrected chi connectivity index (χ0v) is 39.4. The molecule has 8 aliphatic rings. The van der Waals surface area contributed by atoms with E-state index in [-0.39, 0.29) is 41.4 Å². The monoisotopic (exact) mass is 979 g/mol. The SMILES string of the molecule is CC1(C)CC23CC[C@@H]4[C@](C)(C(=O)OC5O[C@H](CO)[C@@H](O)[C@H](O)[C@H]5O)CCC[C@@]4(C)C2CC(O[C@@H]2C[C@H](CO)[C@@H](O)C(O[C@@H]4C[C@H](CO)[C@@H](O)[C@H](O)[C@H]4O)[C@H]2O[C@@H]2O[C@H](CO)[C@@H](O)[C@H](O)[C@H]2O)C1C3. The number of aliphatic hydroxyl groups excluding tert-OH is 14. The molecular formula is C47H78O21. The molecule has 1 spiro atoms. The standard InChI is InChI=1S/C47H78O21/c1-44(2)18-47-9-6-27-45(3,7-5-8-46(27,4)43(62)68-42-38(61)36(59)33(56)26(17-51)66-42)28(47)12-22(21(44)13-47)63-24-11-20(15-49)30(53)40(64-23-10-19(14-48)29(52)34(57)31(23)54)39(24)67-41-37(60)35(58)32(55)25(16-50)65-41/h19-42,48-61H,5-18H2,1-4H3/t19-,20-,21?,22?,23-,24-,25-,26-,27+,28?,29-,30-,31+,32-,33-,34+,35+,36+,37-,38-,39+,40?,41+,42?,45-,46-,47?/m1/s1. The molecule has 21 heteroatoms. The van der Waals surface area contributed by atoms with Crippen molar-refractivity contribution in [3.8, 4) is 0 Å². The van der Waals surface area contributed by atoms with Gasteiger partial charge >= 0.3 is 5.97 Å². The predicted molar refractivity (Wildman–Crippen MR) is 230 cm³/mol. The molecule has 8 fully saturated rings. The third-order valence-corrected chi connectivity index (χ3v) is 18.8. The molecule has 6 unspecified atom stereocenters. The number of ether oxygens (including phenoxy) is 6. The van der Waals surface area contributed by atoms with Crippen LogP contribution in [-0.4, -0.2) is 220 Å². The quantitative estimate of drug-likeness (QED) is 0.0845. The maximum atomic E-state index is 14.5. The number of hydrogen-bond acceptors (Lipinski definition) is 21. The third kappa shape index (κ3) is 8.91. The molecule has 0 aromatic rings. The molecule has 2 aliphatic heterocycles. The molecule has 0 radical (unpaired) electrons. The van der Waals surface area contributed by atoms with Crippen LogP contribution >= 0.6 is 0 Å². The molecule has 27 atom stereocenters. The summed E-state index contributed by atoms with van der Waals surface area (Å²) < 4.78 is 37.5. The molecule has 392 valence electrons. The van der Waals surface area contributed by atoms with Crippen molar-refractivity contribution in [2.24, 2.45) is 51.2 Å². The summed E-state index contributed by atoms with van der Waals surface area (Å²) in [4.78, 5) is 14.5. The zero-order chi connectivity index (χ0) is 49.6. The molecule has 0 aromatic heterocycles. The van der Waals surface area contributed by atoms with Crippen LogP contribution in [0.4, 0.5) is 0 Å². The first-order valence-corrected chi connectivity index (χ1v) is 24.7. The second-order valence-electron chi connectivity index (χ2n) is 23.1. The minimum absolute atomic E-state index is 0.00291. The van der Waals surface area contributed by atoms with Gasteiger partial charge in [-0.3, -0.25) is 4.79 Å². The van der Waals surface area contributed by atoms with Crippen molar-refractivity contribution in [3.05, 3.63) is 0 Å². The van der Waals surface area contributed by atoms with Crippen LogP contribution in [0.15, 0.2) is 0 Å². The topological polar surface area (TPSA) is 356 Å². The highest BCUT2D eigenvalue weighted by Gasteiger charge is 2.70. The van der Waals surface area contributed by atoms with Crippen LogP contribution in [0.1, 0.15) is 91.9 Å². The molecule has 6 saturated carbocycles. The van der Waals surface area contributed by atoms with Crippen molar-refractivity contribution >= 4 is 5.97 Å². The summed E-state index contributed by atoms with van der Waals surface area (Å²) in [5.74, 6) is -2.66. The summed E-state index contributed by atoms with van der Waals surface area (Å²) in [7, 11) is 0. The predicted octanol–water partition coefficient (Wildman–Crippen LogP) is -3.46. The van der Waals surface area contributed by atoms with Gasteiger partial charge in [-0.15, -0.1) is 0 Å². The highest BCUT2D eigenvalue weighted by molar-refractivity contribution is 5.77. The Morgan fingerprint density at radius 1 is 0.544 bits per heavy atom. The van der Waals surface area contributed by atoms with Gasteiger partial charge in [0, 0.05) is 25.0 Å². The van der Waals surface area contributed by atoms with Crippen LogP contribution in [0, 0.1) is 51.2 Å². The van der Waals surface area contributed by atoms with Crippen LogP contribution in [0.3, 0.4) is 0 Å². The average Bonchev–Trinajstić information content (AvgIpc) is 3.53. The second kappa shape index (κ2) is 19.9. The van der Waals surface area contributed by atoms with Crippen molar-refractivity contribution in [2.75, 3.05) is 26.4 Å². The Labute approximate surface area is 395 Å². The van der Waals surface area contributed by atoms with E-state index in [0.717, 1.165) is 25.7 Å². The maximum absolute atomic E-state index is 14.5. The summed E-state index contributed by atoms with van der Waals surface area (Å²) >= 11 is 0. The van der Waals surface area contributed by atoms with E-state index in [1.54, 1.807) is 0 Å². The molecule has 14 N–H and O–H groups in total. The van der Waals surface area contributed by atoms with Crippen LogP contribution < -0.4 is 0 Å². The van der Waals surface area contributed by atoms with Gasteiger partial charge in [0.25, 0.3) is 0 Å². The summed E-state index contributed by atoms with van der Waals surface area (Å²) in [6.45, 7) is 5.97. The molecule has 21 nitrogen and oxygen atoms in total. The fourth-order valence-corrected chi connectivity index (χ4v) is 15.2. The van der Waals surface area contributed by atoms with Gasteiger partial charge in [-0.25, -0.2) is 0 Å². The lowest BCUT2D eigenvalue weighted by Gasteiger charge is -2.64. The van der Waals surface area contributed by atoms with Crippen molar-refractivity contribution < 1.29 is 105 Å². The van der Waals surface area contributed by atoms with E-state index in [9.17, 15) is 76.3 Å². The number of rotatable bonds is 12. The first-order valence-electron chi connectivity index (χ1n) is 24.7. The largest absolute Gasteiger partial charge is 0.432 e. The molecule has 2 saturated heterocycles. The van der Waals surface area contributed by atoms with E-state index in [0.29, 0.717) is 25.7 Å². The molecule has 0 amide bonds. The highest BCUT2D eigenvalue weighted by atomic mass is 16.7. The number of aliphatic hydroxyl groups is 14. The molecular weight excluding hydrogens is 900 g/mol. The van der Waals surface area contributed by atoms with Gasteiger partial charge in [-0.1, -0.05) is 27.2 Å². The lowest BCUT2D eigenvalue weighted by Crippen LogP contribution is -2.65. The zero-order valence-electron chi connectivity index (χ0n) is 39.4. The van der Waals surface area contributed by atoms with E-state index in [4.69, 9.17) is 28.4 Å². The van der Waals surface area contributed by atoms with Gasteiger partial charge in [0.15, 0.2) is 6.29 Å². The Morgan fingerprint density at radius 3 is 1.74 bits per heavy atom. The second-order valence-corrected chi connectivity index (χ2v) is 23.1. The van der Waals surface area contributed by atoms with Gasteiger partial charge in [0.1, 0.15) is 73.2 Å². The fraction of sp³-hybridized carbons (Fsp3) is 0.979. The van der Waals surface area contributed by atoms with E-state index in [2.05, 4.69) is 20.8 Å². The molecule has 2 bridgehead atoms. The molecule has 2 heterocycles. The number of fused-ring (bicyclic) bond motifs is 3. The van der Waals surface area contributed by atoms with Crippen LogP contribution in [0.2, 0.25) is 0 Å². The van der Waals surface area contributed by atoms with Gasteiger partial charge in [-0.05, 0) is 98.7 Å². The molecule has 68 heavy (non-hydrogen) atoms. The fourth-order valence-electron chi connectivity index (χ4n) is 15.2. The first kappa shape index (κ1) is 53.0. The molecule has 0 aromatic carbocycles. The Bertz CT molecular complexity index is 1740. The Balaban J connectivity index is 1.11. The molecule has 6 aliphatic carbocycles. The number of carbonyl (C=O) groups is 1. The van der Waals surface area contributed by atoms with Gasteiger partial charge in [0.2, 0.25) is 6.29 Å². The Hall–Kier alpha value is -1.29. The summed E-state index contributed by atoms with van der Waals surface area (Å²) in [5.41, 5.74) is -1.90. The van der Waals surface area contributed by atoms with E-state index in [1.807, 2.05) is 6.92 Å². The summed E-state index contributed by atoms with van der Waals surface area (Å²) in [6.07, 6.45) is -23.1. The van der Waals surface area contributed by atoms with Gasteiger partial charge in [0.05, 0.1) is 49.1 Å². The van der Waals surface area contributed by atoms with Crippen molar-refractivity contribution in [1.82, 2.24) is 0 Å². The smallest absolute Gasteiger partial charge is 0.314 e. The summed E-state index contributed by atoms with van der Waals surface area (Å²) in [6, 6.07) is 0. The van der Waals surface area contributed by atoms with Crippen molar-refractivity contribution in [2.45, 2.75) is 208 Å². The number of hydrogen-bond donors (Lipinski definition) is 14. The average molecular weight is 979 g/mol. The van der Waals surface area contributed by atoms with Crippen molar-refractivity contribution in [3.63, 3.8) is 0 Å². The van der Waals surface area contributed by atoms with E-state index < -0.39 is 171 Å². The first-order chi connectivity index (χ1) is 32.0. The van der Waals surface area contributed by atoms with Gasteiger partial charge in [-0.2, -0.15) is 0 Å². The van der Waals surface area contributed by atoms with E-state index >= 15 is 0 Å². The lowest BCUT2D eigenvalue weighted by atomic mass is 9.40. The van der Waals surface area contributed by atoms with Crippen LogP contribution in [-0.2, 0) is 33.2 Å². The minimum Gasteiger partial charge on any atom is -0.432 e. The minimum atomic E-state index is -1.87. The Kier molecular flexibility index (Phi) is 15.5. The Morgan fingerprint density at radius 2 is 1.12 bits per heavy atom. The summed E-state index contributed by atoms with van der Waals surface area (Å²) in [5, 5.41) is 149. The number of carbonyl (C=O) groups excluding carboxylic acids is 1. The van der Waals surface area contributed by atoms with Crippen LogP contribution in [0.5, 0.6) is 0 Å².